The van der Waals surface area contributed by atoms with E-state index in [9.17, 15) is 9.59 Å². The van der Waals surface area contributed by atoms with Crippen molar-refractivity contribution >= 4 is 11.8 Å². The van der Waals surface area contributed by atoms with Gasteiger partial charge < -0.3 is 15.5 Å². The summed E-state index contributed by atoms with van der Waals surface area (Å²) in [7, 11) is 0. The van der Waals surface area contributed by atoms with Gasteiger partial charge in [0.2, 0.25) is 0 Å². The van der Waals surface area contributed by atoms with E-state index in [2.05, 4.69) is 34.4 Å². The van der Waals surface area contributed by atoms with Crippen molar-refractivity contribution in [3.05, 3.63) is 30.1 Å². The van der Waals surface area contributed by atoms with Gasteiger partial charge in [0.15, 0.2) is 0 Å². The van der Waals surface area contributed by atoms with Crippen molar-refractivity contribution in [2.45, 2.75) is 26.8 Å². The van der Waals surface area contributed by atoms with Crippen molar-refractivity contribution < 1.29 is 9.59 Å². The molecule has 1 heterocycles. The van der Waals surface area contributed by atoms with E-state index in [1.165, 1.54) is 0 Å². The van der Waals surface area contributed by atoms with E-state index in [0.717, 1.165) is 31.7 Å². The summed E-state index contributed by atoms with van der Waals surface area (Å²) >= 11 is 0. The monoisotopic (exact) mass is 292 g/mol. The predicted molar refractivity (Wildman–Crippen MR) is 81.5 cm³/mol. The van der Waals surface area contributed by atoms with Crippen LogP contribution in [0.1, 0.15) is 26.0 Å². The highest BCUT2D eigenvalue weighted by Gasteiger charge is 2.12. The molecule has 116 valence electrons. The van der Waals surface area contributed by atoms with E-state index in [0.29, 0.717) is 6.54 Å². The lowest BCUT2D eigenvalue weighted by Crippen LogP contribution is -2.40. The first-order valence-corrected chi connectivity index (χ1v) is 7.35. The van der Waals surface area contributed by atoms with Crippen LogP contribution in [-0.4, -0.2) is 47.9 Å². The van der Waals surface area contributed by atoms with Crippen LogP contribution in [0.25, 0.3) is 0 Å². The third-order valence-electron chi connectivity index (χ3n) is 3.19. The fourth-order valence-corrected chi connectivity index (χ4v) is 1.88. The summed E-state index contributed by atoms with van der Waals surface area (Å²) in [6, 6.07) is 5.43. The Morgan fingerprint density at radius 1 is 1.14 bits per heavy atom. The van der Waals surface area contributed by atoms with E-state index in [1.54, 1.807) is 18.3 Å². The molecule has 0 unspecified atom stereocenters. The molecule has 2 amide bonds. The van der Waals surface area contributed by atoms with Crippen LogP contribution in [0.4, 0.5) is 0 Å². The summed E-state index contributed by atoms with van der Waals surface area (Å²) < 4.78 is 0. The summed E-state index contributed by atoms with van der Waals surface area (Å²) in [6.07, 6.45) is 2.48. The molecule has 0 aliphatic rings. The molecule has 21 heavy (non-hydrogen) atoms. The van der Waals surface area contributed by atoms with Crippen LogP contribution in [0.2, 0.25) is 0 Å². The van der Waals surface area contributed by atoms with Gasteiger partial charge in [0.05, 0.1) is 12.2 Å². The maximum Gasteiger partial charge on any atom is 0.309 e. The molecule has 6 heteroatoms. The molecule has 1 aromatic rings. The molecule has 0 fully saturated rings. The van der Waals surface area contributed by atoms with Crippen molar-refractivity contribution in [1.29, 1.82) is 0 Å². The molecule has 0 aliphatic heterocycles. The first-order valence-electron chi connectivity index (χ1n) is 7.35. The van der Waals surface area contributed by atoms with Gasteiger partial charge in [-0.2, -0.15) is 0 Å². The highest BCUT2D eigenvalue weighted by atomic mass is 16.2. The average molecular weight is 292 g/mol. The number of rotatable bonds is 8. The van der Waals surface area contributed by atoms with Gasteiger partial charge in [-0.25, -0.2) is 0 Å². The number of nitrogens with zero attached hydrogens (tertiary/aromatic N) is 2. The topological polar surface area (TPSA) is 74.3 Å². The van der Waals surface area contributed by atoms with Gasteiger partial charge in [-0.1, -0.05) is 19.9 Å². The zero-order valence-electron chi connectivity index (χ0n) is 12.8. The lowest BCUT2D eigenvalue weighted by Gasteiger charge is -2.17. The Balaban J connectivity index is 2.18. The molecular weight excluding hydrogens is 268 g/mol. The van der Waals surface area contributed by atoms with E-state index in [-0.39, 0.29) is 6.54 Å². The molecular formula is C15H24N4O2. The summed E-state index contributed by atoms with van der Waals surface area (Å²) in [5.74, 6) is -1.21. The normalized spacial score (nSPS) is 10.4. The van der Waals surface area contributed by atoms with E-state index < -0.39 is 11.8 Å². The maximum atomic E-state index is 11.6. The number of hydrogen-bond acceptors (Lipinski definition) is 4. The number of pyridine rings is 1. The Hall–Kier alpha value is -1.95. The third-order valence-corrected chi connectivity index (χ3v) is 3.19. The number of aromatic nitrogens is 1. The Labute approximate surface area is 125 Å². The summed E-state index contributed by atoms with van der Waals surface area (Å²) in [4.78, 5) is 29.5. The minimum absolute atomic E-state index is 0.256. The van der Waals surface area contributed by atoms with Crippen LogP contribution in [0, 0.1) is 0 Å². The highest BCUT2D eigenvalue weighted by Crippen LogP contribution is 1.92. The number of hydrogen-bond donors (Lipinski definition) is 2. The van der Waals surface area contributed by atoms with Crippen molar-refractivity contribution in [3.63, 3.8) is 0 Å². The van der Waals surface area contributed by atoms with Crippen LogP contribution in [-0.2, 0) is 16.1 Å². The van der Waals surface area contributed by atoms with Crippen LogP contribution in [0.5, 0.6) is 0 Å². The first kappa shape index (κ1) is 17.1. The Bertz CT molecular complexity index is 433. The van der Waals surface area contributed by atoms with E-state index in [1.807, 2.05) is 6.07 Å². The lowest BCUT2D eigenvalue weighted by atomic mass is 10.3. The molecule has 1 rings (SSSR count). The second kappa shape index (κ2) is 9.88. The minimum atomic E-state index is -0.622. The van der Waals surface area contributed by atoms with Gasteiger partial charge in [-0.15, -0.1) is 0 Å². The summed E-state index contributed by atoms with van der Waals surface area (Å²) in [5, 5.41) is 5.17. The molecule has 0 radical (unpaired) electrons. The zero-order chi connectivity index (χ0) is 15.5. The SMILES string of the molecule is CCN(CC)CCCNC(=O)C(=O)NCc1ccccn1. The van der Waals surface area contributed by atoms with E-state index in [4.69, 9.17) is 0 Å². The molecule has 2 N–H and O–H groups in total. The zero-order valence-corrected chi connectivity index (χ0v) is 12.8. The molecule has 6 nitrogen and oxygen atoms in total. The van der Waals surface area contributed by atoms with Gasteiger partial charge in [0.1, 0.15) is 0 Å². The van der Waals surface area contributed by atoms with Gasteiger partial charge in [0.25, 0.3) is 0 Å². The molecule has 0 saturated heterocycles. The summed E-state index contributed by atoms with van der Waals surface area (Å²) in [5.41, 5.74) is 0.722. The van der Waals surface area contributed by atoms with E-state index >= 15 is 0 Å². The fourth-order valence-electron chi connectivity index (χ4n) is 1.88. The predicted octanol–water partition coefficient (Wildman–Crippen LogP) is 0.546. The van der Waals surface area contributed by atoms with Crippen LogP contribution >= 0.6 is 0 Å². The molecule has 1 aromatic heterocycles. The standard InChI is InChI=1S/C15H24N4O2/c1-3-19(4-2)11-7-10-17-14(20)15(21)18-12-13-8-5-6-9-16-13/h5-6,8-9H,3-4,7,10-12H2,1-2H3,(H,17,20)(H,18,21). The molecule has 0 spiro atoms. The third kappa shape index (κ3) is 6.85. The second-order valence-corrected chi connectivity index (χ2v) is 4.64. The van der Waals surface area contributed by atoms with Crippen LogP contribution < -0.4 is 10.6 Å². The fraction of sp³-hybridized carbons (Fsp3) is 0.533. The second-order valence-electron chi connectivity index (χ2n) is 4.64. The van der Waals surface area contributed by atoms with Gasteiger partial charge in [-0.05, 0) is 38.2 Å². The Morgan fingerprint density at radius 2 is 1.86 bits per heavy atom. The molecule has 0 aromatic carbocycles. The summed E-state index contributed by atoms with van der Waals surface area (Å²) in [6.45, 7) is 7.88. The number of nitrogens with one attached hydrogen (secondary N) is 2. The van der Waals surface area contributed by atoms with Gasteiger partial charge >= 0.3 is 11.8 Å². The number of amides is 2. The minimum Gasteiger partial charge on any atom is -0.348 e. The van der Waals surface area contributed by atoms with Crippen molar-refractivity contribution in [1.82, 2.24) is 20.5 Å². The van der Waals surface area contributed by atoms with Crippen LogP contribution in [0.3, 0.4) is 0 Å². The molecule has 0 atom stereocenters. The maximum absolute atomic E-state index is 11.6. The molecule has 0 aliphatic carbocycles. The number of carbonyl (C=O) groups excluding carboxylic acids is 2. The Morgan fingerprint density at radius 3 is 2.48 bits per heavy atom. The van der Waals surface area contributed by atoms with Crippen molar-refractivity contribution in [3.8, 4) is 0 Å². The highest BCUT2D eigenvalue weighted by molar-refractivity contribution is 6.35. The smallest absolute Gasteiger partial charge is 0.309 e. The van der Waals surface area contributed by atoms with Crippen LogP contribution in [0.15, 0.2) is 24.4 Å². The molecule has 0 bridgehead atoms. The average Bonchev–Trinajstić information content (AvgIpc) is 2.53. The quantitative estimate of drug-likeness (QED) is 0.542. The first-order chi connectivity index (χ1) is 10.2. The lowest BCUT2D eigenvalue weighted by molar-refractivity contribution is -0.139. The largest absolute Gasteiger partial charge is 0.348 e. The number of carbonyl (C=O) groups is 2. The van der Waals surface area contributed by atoms with Crippen molar-refractivity contribution in [2.24, 2.45) is 0 Å². The van der Waals surface area contributed by atoms with Gasteiger partial charge in [-0.3, -0.25) is 14.6 Å². The van der Waals surface area contributed by atoms with Gasteiger partial charge in [0, 0.05) is 12.7 Å². The molecule has 0 saturated carbocycles. The Kier molecular flexibility index (Phi) is 8.04. The van der Waals surface area contributed by atoms with Crippen molar-refractivity contribution in [2.75, 3.05) is 26.2 Å².